The third-order valence-corrected chi connectivity index (χ3v) is 6.94. The Kier molecular flexibility index (Phi) is 6.91. The molecule has 4 fully saturated rings. The Morgan fingerprint density at radius 1 is 1.04 bits per heavy atom. The summed E-state index contributed by atoms with van der Waals surface area (Å²) in [7, 11) is 2.33. The molecule has 2 aliphatic heterocycles. The van der Waals surface area contributed by atoms with Crippen LogP contribution in [-0.4, -0.2) is 49.1 Å². The average molecular weight is 460 g/mol. The summed E-state index contributed by atoms with van der Waals surface area (Å²) in [5.74, 6) is 3.94. The van der Waals surface area contributed by atoms with Crippen LogP contribution in [0.4, 0.5) is 0 Å². The first-order valence-corrected chi connectivity index (χ1v) is 10.5. The smallest absolute Gasteiger partial charge is 0.191 e. The molecule has 0 aromatic carbocycles. The quantitative estimate of drug-likeness (QED) is 0.362. The third kappa shape index (κ3) is 5.02. The molecule has 2 unspecified atom stereocenters. The van der Waals surface area contributed by atoms with Gasteiger partial charge in [-0.3, -0.25) is 4.99 Å². The number of nitrogens with one attached hydrogen (secondary N) is 2. The summed E-state index contributed by atoms with van der Waals surface area (Å²) < 4.78 is 0. The maximum atomic E-state index is 5.02. The van der Waals surface area contributed by atoms with Crippen LogP contribution >= 0.6 is 24.0 Å². The van der Waals surface area contributed by atoms with E-state index in [1.165, 1.54) is 57.8 Å². The van der Waals surface area contributed by atoms with Crippen molar-refractivity contribution in [2.75, 3.05) is 20.1 Å². The van der Waals surface area contributed by atoms with E-state index in [0.29, 0.717) is 6.04 Å². The van der Waals surface area contributed by atoms with E-state index in [1.807, 2.05) is 0 Å². The molecule has 2 heterocycles. The minimum absolute atomic E-state index is 0. The summed E-state index contributed by atoms with van der Waals surface area (Å²) >= 11 is 0. The van der Waals surface area contributed by atoms with E-state index in [2.05, 4.69) is 29.5 Å². The SMILES string of the molecule is CCNC(=NCC(C1CC1)C1CC1)NC1CC2CCCC(C1)N2C.I. The highest BCUT2D eigenvalue weighted by molar-refractivity contribution is 14.0. The van der Waals surface area contributed by atoms with Crippen LogP contribution in [0, 0.1) is 17.8 Å². The van der Waals surface area contributed by atoms with Gasteiger partial charge in [-0.05, 0) is 83.1 Å². The van der Waals surface area contributed by atoms with Crippen LogP contribution in [-0.2, 0) is 0 Å². The highest BCUT2D eigenvalue weighted by Crippen LogP contribution is 2.49. The number of fused-ring (bicyclic) bond motifs is 2. The van der Waals surface area contributed by atoms with E-state index in [-0.39, 0.29) is 24.0 Å². The molecule has 0 spiro atoms. The molecule has 4 nitrogen and oxygen atoms in total. The molecule has 4 aliphatic rings. The molecule has 2 N–H and O–H groups in total. The number of halogens is 1. The zero-order valence-electron chi connectivity index (χ0n) is 16.0. The lowest BCUT2D eigenvalue weighted by atomic mass is 9.82. The fourth-order valence-electron chi connectivity index (χ4n) is 5.18. The van der Waals surface area contributed by atoms with Gasteiger partial charge in [0.1, 0.15) is 0 Å². The summed E-state index contributed by atoms with van der Waals surface area (Å²) in [5.41, 5.74) is 0. The molecule has 5 heteroatoms. The van der Waals surface area contributed by atoms with Gasteiger partial charge in [0, 0.05) is 31.2 Å². The average Bonchev–Trinajstić information content (AvgIpc) is 3.43. The molecule has 4 rings (SSSR count). The van der Waals surface area contributed by atoms with Crippen molar-refractivity contribution in [3.8, 4) is 0 Å². The molecule has 0 aromatic rings. The predicted molar refractivity (Wildman–Crippen MR) is 116 cm³/mol. The standard InChI is InChI=1S/C20H36N4.HI/c1-3-21-20(22-13-19(14-7-8-14)15-9-10-15)23-16-11-17-5-4-6-18(12-16)24(17)2;/h14-19H,3-13H2,1-2H3,(H2,21,22,23);1H. The van der Waals surface area contributed by atoms with E-state index in [0.717, 1.165) is 48.9 Å². The van der Waals surface area contributed by atoms with Crippen LogP contribution in [0.15, 0.2) is 4.99 Å². The summed E-state index contributed by atoms with van der Waals surface area (Å²) in [4.78, 5) is 7.67. The van der Waals surface area contributed by atoms with Crippen LogP contribution in [0.3, 0.4) is 0 Å². The maximum absolute atomic E-state index is 5.02. The predicted octanol–water partition coefficient (Wildman–Crippen LogP) is 3.61. The van der Waals surface area contributed by atoms with Gasteiger partial charge in [0.25, 0.3) is 0 Å². The van der Waals surface area contributed by atoms with Gasteiger partial charge >= 0.3 is 0 Å². The first-order chi connectivity index (χ1) is 11.7. The number of nitrogens with zero attached hydrogens (tertiary/aromatic N) is 2. The molecule has 0 amide bonds. The third-order valence-electron chi connectivity index (χ3n) is 6.94. The van der Waals surface area contributed by atoms with E-state index >= 15 is 0 Å². The zero-order chi connectivity index (χ0) is 16.5. The van der Waals surface area contributed by atoms with Crippen molar-refractivity contribution in [3.63, 3.8) is 0 Å². The van der Waals surface area contributed by atoms with Gasteiger partial charge < -0.3 is 15.5 Å². The van der Waals surface area contributed by atoms with Gasteiger partial charge in [-0.1, -0.05) is 6.42 Å². The Hall–Kier alpha value is -0.0400. The number of aliphatic imine (C=N–C) groups is 1. The summed E-state index contributed by atoms with van der Waals surface area (Å²) in [5, 5.41) is 7.30. The summed E-state index contributed by atoms with van der Waals surface area (Å²) in [6, 6.07) is 2.17. The van der Waals surface area contributed by atoms with Crippen molar-refractivity contribution in [3.05, 3.63) is 0 Å². The van der Waals surface area contributed by atoms with Gasteiger partial charge in [0.05, 0.1) is 0 Å². The van der Waals surface area contributed by atoms with E-state index in [9.17, 15) is 0 Å². The van der Waals surface area contributed by atoms with Crippen molar-refractivity contribution in [2.24, 2.45) is 22.7 Å². The number of hydrogen-bond acceptors (Lipinski definition) is 2. The van der Waals surface area contributed by atoms with Gasteiger partial charge in [-0.2, -0.15) is 0 Å². The molecule has 2 saturated carbocycles. The van der Waals surface area contributed by atoms with Gasteiger partial charge in [0.2, 0.25) is 0 Å². The summed E-state index contributed by atoms with van der Waals surface area (Å²) in [6.07, 6.45) is 12.6. The van der Waals surface area contributed by atoms with Crippen molar-refractivity contribution < 1.29 is 0 Å². The second-order valence-electron chi connectivity index (χ2n) is 8.78. The lowest BCUT2D eigenvalue weighted by molar-refractivity contribution is 0.0526. The van der Waals surface area contributed by atoms with Crippen molar-refractivity contribution >= 4 is 29.9 Å². The molecular weight excluding hydrogens is 423 g/mol. The van der Waals surface area contributed by atoms with E-state index < -0.39 is 0 Å². The van der Waals surface area contributed by atoms with Crippen LogP contribution in [0.5, 0.6) is 0 Å². The van der Waals surface area contributed by atoms with E-state index in [1.54, 1.807) is 0 Å². The largest absolute Gasteiger partial charge is 0.357 e. The molecule has 25 heavy (non-hydrogen) atoms. The van der Waals surface area contributed by atoms with Crippen molar-refractivity contribution in [1.82, 2.24) is 15.5 Å². The second-order valence-corrected chi connectivity index (χ2v) is 8.78. The van der Waals surface area contributed by atoms with Gasteiger partial charge in [-0.15, -0.1) is 24.0 Å². The molecule has 2 atom stereocenters. The monoisotopic (exact) mass is 460 g/mol. The van der Waals surface area contributed by atoms with Crippen LogP contribution < -0.4 is 10.6 Å². The lowest BCUT2D eigenvalue weighted by Crippen LogP contribution is -2.56. The Bertz CT molecular complexity index is 435. The molecule has 0 radical (unpaired) electrons. The van der Waals surface area contributed by atoms with Crippen LogP contribution in [0.25, 0.3) is 0 Å². The second kappa shape index (κ2) is 8.77. The Labute approximate surface area is 171 Å². The van der Waals surface area contributed by atoms with E-state index in [4.69, 9.17) is 4.99 Å². The molecule has 0 aromatic heterocycles. The molecular formula is C20H37IN4. The van der Waals surface area contributed by atoms with Gasteiger partial charge in [0.15, 0.2) is 5.96 Å². The number of piperidine rings is 2. The minimum atomic E-state index is 0. The number of rotatable bonds is 6. The van der Waals surface area contributed by atoms with Crippen LogP contribution in [0.2, 0.25) is 0 Å². The minimum Gasteiger partial charge on any atom is -0.357 e. The fraction of sp³-hybridized carbons (Fsp3) is 0.950. The first kappa shape index (κ1) is 19.7. The Morgan fingerprint density at radius 3 is 2.16 bits per heavy atom. The highest BCUT2D eigenvalue weighted by atomic mass is 127. The normalized spacial score (nSPS) is 33.1. The van der Waals surface area contributed by atoms with Crippen molar-refractivity contribution in [1.29, 1.82) is 0 Å². The Balaban J connectivity index is 0.00000182. The molecule has 2 saturated heterocycles. The maximum Gasteiger partial charge on any atom is 0.191 e. The fourth-order valence-corrected chi connectivity index (χ4v) is 5.18. The van der Waals surface area contributed by atoms with Gasteiger partial charge in [-0.25, -0.2) is 0 Å². The topological polar surface area (TPSA) is 39.7 Å². The molecule has 2 bridgehead atoms. The highest BCUT2D eigenvalue weighted by Gasteiger charge is 2.41. The zero-order valence-corrected chi connectivity index (χ0v) is 18.4. The molecule has 2 aliphatic carbocycles. The Morgan fingerprint density at radius 2 is 1.64 bits per heavy atom. The summed E-state index contributed by atoms with van der Waals surface area (Å²) in [6.45, 7) is 4.19. The lowest BCUT2D eigenvalue weighted by Gasteiger charge is -2.47. The number of guanidine groups is 1. The number of hydrogen-bond donors (Lipinski definition) is 2. The first-order valence-electron chi connectivity index (χ1n) is 10.5. The molecule has 144 valence electrons. The van der Waals surface area contributed by atoms with Crippen LogP contribution in [0.1, 0.15) is 64.7 Å². The van der Waals surface area contributed by atoms with Crippen molar-refractivity contribution in [2.45, 2.75) is 82.8 Å².